The number of nitrogens with two attached hydrogens (primary N) is 1. The minimum Gasteiger partial charge on any atom is -0.384 e. The van der Waals surface area contributed by atoms with Gasteiger partial charge in [-0.25, -0.2) is 4.98 Å². The molecule has 2 aliphatic rings. The summed E-state index contributed by atoms with van der Waals surface area (Å²) < 4.78 is 0. The average Bonchev–Trinajstić information content (AvgIpc) is 2.79. The topological polar surface area (TPSA) is 79.5 Å². The molecular formula is C24H29ClN4O2. The number of halogens is 1. The molecule has 1 aromatic carbocycles. The van der Waals surface area contributed by atoms with E-state index in [0.717, 1.165) is 50.9 Å². The maximum absolute atomic E-state index is 13.0. The second kappa shape index (κ2) is 9.79. The highest BCUT2D eigenvalue weighted by atomic mass is 35.5. The van der Waals surface area contributed by atoms with Crippen LogP contribution in [0.25, 0.3) is 0 Å². The number of amides is 1. The highest BCUT2D eigenvalue weighted by Gasteiger charge is 2.32. The molecule has 0 spiro atoms. The molecule has 2 N–H and O–H groups in total. The summed E-state index contributed by atoms with van der Waals surface area (Å²) in [5, 5.41) is 0.632. The van der Waals surface area contributed by atoms with Crippen LogP contribution in [-0.4, -0.2) is 52.7 Å². The van der Waals surface area contributed by atoms with E-state index in [9.17, 15) is 9.59 Å². The van der Waals surface area contributed by atoms with Crippen molar-refractivity contribution < 1.29 is 9.59 Å². The molecule has 2 fully saturated rings. The molecule has 0 bridgehead atoms. The van der Waals surface area contributed by atoms with E-state index in [1.165, 1.54) is 0 Å². The van der Waals surface area contributed by atoms with Gasteiger partial charge in [-0.15, -0.1) is 0 Å². The normalized spacial score (nSPS) is 18.8. The number of pyridine rings is 1. The SMILES string of the molecule is Nc1cc(CN2CCC(C(=O)N3CCC(C(=O)c4ccc(Cl)cc4)CC3)CC2)ccn1. The quantitative estimate of drug-likeness (QED) is 0.718. The second-order valence-corrected chi connectivity index (χ2v) is 9.05. The molecule has 2 saturated heterocycles. The molecule has 2 aliphatic heterocycles. The van der Waals surface area contributed by atoms with E-state index in [2.05, 4.69) is 9.88 Å². The molecule has 164 valence electrons. The molecule has 3 heterocycles. The van der Waals surface area contributed by atoms with Crippen molar-refractivity contribution in [2.45, 2.75) is 32.2 Å². The summed E-state index contributed by atoms with van der Waals surface area (Å²) in [7, 11) is 0. The van der Waals surface area contributed by atoms with Gasteiger partial charge >= 0.3 is 0 Å². The predicted octanol–water partition coefficient (Wildman–Crippen LogP) is 3.65. The molecule has 2 aromatic rings. The lowest BCUT2D eigenvalue weighted by Crippen LogP contribution is -2.46. The van der Waals surface area contributed by atoms with Crippen LogP contribution in [0.1, 0.15) is 41.6 Å². The number of ketones is 1. The van der Waals surface area contributed by atoms with Gasteiger partial charge in [0.25, 0.3) is 0 Å². The van der Waals surface area contributed by atoms with Crippen molar-refractivity contribution in [2.75, 3.05) is 31.9 Å². The Morgan fingerprint density at radius 1 is 0.968 bits per heavy atom. The van der Waals surface area contributed by atoms with Gasteiger partial charge in [-0.05, 0) is 80.7 Å². The maximum Gasteiger partial charge on any atom is 0.225 e. The van der Waals surface area contributed by atoms with Gasteiger partial charge in [-0.3, -0.25) is 14.5 Å². The van der Waals surface area contributed by atoms with Gasteiger partial charge < -0.3 is 10.6 Å². The molecular weight excluding hydrogens is 412 g/mol. The molecule has 0 aliphatic carbocycles. The predicted molar refractivity (Wildman–Crippen MR) is 122 cm³/mol. The van der Waals surface area contributed by atoms with E-state index in [1.807, 2.05) is 17.0 Å². The number of anilines is 1. The third-order valence-corrected chi connectivity index (χ3v) is 6.75. The minimum absolute atomic E-state index is 0.0140. The van der Waals surface area contributed by atoms with Gasteiger partial charge in [-0.2, -0.15) is 0 Å². The van der Waals surface area contributed by atoms with Crippen LogP contribution >= 0.6 is 11.6 Å². The van der Waals surface area contributed by atoms with E-state index in [-0.39, 0.29) is 23.5 Å². The Balaban J connectivity index is 1.24. The van der Waals surface area contributed by atoms with E-state index in [1.54, 1.807) is 30.5 Å². The Morgan fingerprint density at radius 2 is 1.61 bits per heavy atom. The van der Waals surface area contributed by atoms with Crippen molar-refractivity contribution in [1.82, 2.24) is 14.8 Å². The van der Waals surface area contributed by atoms with Crippen molar-refractivity contribution in [3.8, 4) is 0 Å². The van der Waals surface area contributed by atoms with Gasteiger partial charge in [0.05, 0.1) is 0 Å². The number of hydrogen-bond donors (Lipinski definition) is 1. The Morgan fingerprint density at radius 3 is 2.26 bits per heavy atom. The summed E-state index contributed by atoms with van der Waals surface area (Å²) in [5.41, 5.74) is 7.63. The first-order valence-corrected chi connectivity index (χ1v) is 11.4. The Labute approximate surface area is 188 Å². The summed E-state index contributed by atoms with van der Waals surface area (Å²) in [6.45, 7) is 3.98. The molecule has 1 aromatic heterocycles. The van der Waals surface area contributed by atoms with Crippen LogP contribution in [0.3, 0.4) is 0 Å². The zero-order valence-corrected chi connectivity index (χ0v) is 18.4. The highest BCUT2D eigenvalue weighted by Crippen LogP contribution is 2.26. The zero-order valence-electron chi connectivity index (χ0n) is 17.7. The molecule has 31 heavy (non-hydrogen) atoms. The van der Waals surface area contributed by atoms with Crippen molar-refractivity contribution >= 4 is 29.1 Å². The monoisotopic (exact) mass is 440 g/mol. The first-order valence-electron chi connectivity index (χ1n) is 11.0. The highest BCUT2D eigenvalue weighted by molar-refractivity contribution is 6.30. The Bertz CT molecular complexity index is 917. The number of benzene rings is 1. The van der Waals surface area contributed by atoms with Gasteiger partial charge in [-0.1, -0.05) is 11.6 Å². The van der Waals surface area contributed by atoms with E-state index in [0.29, 0.717) is 29.5 Å². The van der Waals surface area contributed by atoms with Crippen LogP contribution in [0.15, 0.2) is 42.6 Å². The van der Waals surface area contributed by atoms with Gasteiger partial charge in [0, 0.05) is 48.3 Å². The first kappa shape index (κ1) is 21.8. The average molecular weight is 441 g/mol. The third kappa shape index (κ3) is 5.43. The number of hydrogen-bond acceptors (Lipinski definition) is 5. The molecule has 0 radical (unpaired) electrons. The smallest absolute Gasteiger partial charge is 0.225 e. The van der Waals surface area contributed by atoms with E-state index >= 15 is 0 Å². The zero-order chi connectivity index (χ0) is 21.8. The number of aromatic nitrogens is 1. The molecule has 6 nitrogen and oxygen atoms in total. The van der Waals surface area contributed by atoms with Crippen molar-refractivity contribution in [2.24, 2.45) is 11.8 Å². The molecule has 1 amide bonds. The lowest BCUT2D eigenvalue weighted by Gasteiger charge is -2.37. The number of carbonyl (C=O) groups excluding carboxylic acids is 2. The molecule has 0 atom stereocenters. The summed E-state index contributed by atoms with van der Waals surface area (Å²) in [6, 6.07) is 11.0. The standard InChI is InChI=1S/C24H29ClN4O2/c25-21-3-1-18(2-4-21)23(30)19-8-13-29(14-9-19)24(31)20-6-11-28(12-7-20)16-17-5-10-27-22(26)15-17/h1-5,10,15,19-20H,6-9,11-14,16H2,(H2,26,27). The first-order chi connectivity index (χ1) is 15.0. The van der Waals surface area contributed by atoms with Crippen LogP contribution in [0.2, 0.25) is 5.02 Å². The summed E-state index contributed by atoms with van der Waals surface area (Å²) in [4.78, 5) is 34.1. The van der Waals surface area contributed by atoms with Crippen LogP contribution < -0.4 is 5.73 Å². The number of Topliss-reactive ketones (excluding diaryl/α,β-unsaturated/α-hetero) is 1. The summed E-state index contributed by atoms with van der Waals surface area (Å²) >= 11 is 5.92. The van der Waals surface area contributed by atoms with Gasteiger partial charge in [0.1, 0.15) is 5.82 Å². The maximum atomic E-state index is 13.0. The molecule has 0 saturated carbocycles. The fourth-order valence-electron chi connectivity index (χ4n) is 4.66. The molecule has 0 unspecified atom stereocenters. The van der Waals surface area contributed by atoms with Crippen LogP contribution in [0.5, 0.6) is 0 Å². The number of carbonyl (C=O) groups is 2. The Hall–Kier alpha value is -2.44. The van der Waals surface area contributed by atoms with Crippen LogP contribution in [0.4, 0.5) is 5.82 Å². The van der Waals surface area contributed by atoms with Crippen molar-refractivity contribution in [3.05, 3.63) is 58.7 Å². The van der Waals surface area contributed by atoms with Crippen LogP contribution in [-0.2, 0) is 11.3 Å². The summed E-state index contributed by atoms with van der Waals surface area (Å²) in [5.74, 6) is 1.03. The fourth-order valence-corrected chi connectivity index (χ4v) is 4.79. The van der Waals surface area contributed by atoms with Crippen LogP contribution in [0, 0.1) is 11.8 Å². The third-order valence-electron chi connectivity index (χ3n) is 6.49. The van der Waals surface area contributed by atoms with Crippen molar-refractivity contribution in [3.63, 3.8) is 0 Å². The number of likely N-dealkylation sites (tertiary alicyclic amines) is 2. The number of nitrogen functional groups attached to an aromatic ring is 1. The van der Waals surface area contributed by atoms with Gasteiger partial charge in [0.15, 0.2) is 5.78 Å². The fraction of sp³-hybridized carbons (Fsp3) is 0.458. The number of rotatable bonds is 5. The second-order valence-electron chi connectivity index (χ2n) is 8.61. The molecule has 7 heteroatoms. The van der Waals surface area contributed by atoms with E-state index in [4.69, 9.17) is 17.3 Å². The number of nitrogens with zero attached hydrogens (tertiary/aromatic N) is 3. The Kier molecular flexibility index (Phi) is 6.88. The number of piperidine rings is 2. The largest absolute Gasteiger partial charge is 0.384 e. The lowest BCUT2D eigenvalue weighted by atomic mass is 9.87. The van der Waals surface area contributed by atoms with Gasteiger partial charge in [0.2, 0.25) is 5.91 Å². The minimum atomic E-state index is -0.0140. The van der Waals surface area contributed by atoms with Crippen molar-refractivity contribution in [1.29, 1.82) is 0 Å². The lowest BCUT2D eigenvalue weighted by molar-refractivity contribution is -0.138. The van der Waals surface area contributed by atoms with E-state index < -0.39 is 0 Å². The summed E-state index contributed by atoms with van der Waals surface area (Å²) in [6.07, 6.45) is 4.96. The molecule has 4 rings (SSSR count).